The molecule has 0 aromatic carbocycles. The number of nitrogens with one attached hydrogen (secondary N) is 1. The molecule has 0 bridgehead atoms. The Morgan fingerprint density at radius 3 is 1.67 bits per heavy atom. The molecule has 1 amide bonds. The van der Waals surface area contributed by atoms with E-state index in [4.69, 9.17) is 14.0 Å². The standard InChI is InChI=1S/C40H77NO12S/c1-3-5-7-9-11-12-13-14-15-16-17-18-19-20-21-23-25-27-29-34(44)39(47)41-32(33(43)28-26-24-22-10-8-6-4-2)31-51-40-37(46)38(53-54(48,49)50)36(45)35(30-42)52-40/h26,28,32-38,40,42-46H,3-25,27,29-31H2,1-2H3,(H,41,47)(H,48,49,50)/b28-26+. The first-order chi connectivity index (χ1) is 25.9. The minimum atomic E-state index is -5.11. The number of aliphatic hydroxyl groups is 5. The molecule has 0 aromatic heterocycles. The molecular formula is C40H77NO12S. The highest BCUT2D eigenvalue weighted by Gasteiger charge is 2.48. The molecule has 13 nitrogen and oxygen atoms in total. The number of allylic oxidation sites excluding steroid dienone is 1. The number of rotatable bonds is 35. The van der Waals surface area contributed by atoms with Crippen molar-refractivity contribution >= 4 is 16.3 Å². The van der Waals surface area contributed by atoms with E-state index in [2.05, 4.69) is 23.3 Å². The Labute approximate surface area is 326 Å². The molecule has 0 saturated carbocycles. The van der Waals surface area contributed by atoms with Gasteiger partial charge < -0.3 is 40.3 Å². The monoisotopic (exact) mass is 796 g/mol. The number of carbonyl (C=O) groups excluding carboxylic acids is 1. The summed E-state index contributed by atoms with van der Waals surface area (Å²) in [6, 6.07) is -1.11. The molecule has 8 unspecified atom stereocenters. The quantitative estimate of drug-likeness (QED) is 0.0218. The Morgan fingerprint density at radius 2 is 1.20 bits per heavy atom. The van der Waals surface area contributed by atoms with E-state index < -0.39 is 78.5 Å². The van der Waals surface area contributed by atoms with Gasteiger partial charge in [-0.2, -0.15) is 8.42 Å². The van der Waals surface area contributed by atoms with Crippen LogP contribution in [0.3, 0.4) is 0 Å². The van der Waals surface area contributed by atoms with E-state index in [0.717, 1.165) is 51.4 Å². The molecule has 0 aliphatic carbocycles. The Hall–Kier alpha value is -1.20. The first-order valence-electron chi connectivity index (χ1n) is 21.2. The molecule has 0 spiro atoms. The summed E-state index contributed by atoms with van der Waals surface area (Å²) in [5.41, 5.74) is 0. The molecule has 1 rings (SSSR count). The highest BCUT2D eigenvalue weighted by atomic mass is 32.3. The SMILES string of the molecule is CCCCCCC/C=C/C(O)C(COC1OC(CO)C(O)C(OS(=O)(=O)O)C1O)NC(=O)C(O)CCCCCCCCCCCCCCCCCCCC. The van der Waals surface area contributed by atoms with Crippen LogP contribution in [0.4, 0.5) is 0 Å². The summed E-state index contributed by atoms with van der Waals surface area (Å²) in [5, 5.41) is 54.8. The van der Waals surface area contributed by atoms with Gasteiger partial charge in [0.1, 0.15) is 30.5 Å². The molecule has 1 heterocycles. The molecule has 8 atom stereocenters. The van der Waals surface area contributed by atoms with Gasteiger partial charge in [0.25, 0.3) is 0 Å². The Balaban J connectivity index is 2.50. The van der Waals surface area contributed by atoms with Crippen LogP contribution in [-0.2, 0) is 28.9 Å². The van der Waals surface area contributed by atoms with Crippen molar-refractivity contribution in [3.63, 3.8) is 0 Å². The first kappa shape index (κ1) is 50.8. The molecule has 1 saturated heterocycles. The zero-order valence-electron chi connectivity index (χ0n) is 33.4. The number of amides is 1. The van der Waals surface area contributed by atoms with Gasteiger partial charge in [-0.1, -0.05) is 167 Å². The van der Waals surface area contributed by atoms with Crippen molar-refractivity contribution in [3.05, 3.63) is 12.2 Å². The van der Waals surface area contributed by atoms with Gasteiger partial charge in [0.05, 0.1) is 25.4 Å². The van der Waals surface area contributed by atoms with Crippen LogP contribution in [0.15, 0.2) is 12.2 Å². The average Bonchev–Trinajstić information content (AvgIpc) is 3.14. The predicted octanol–water partition coefficient (Wildman–Crippen LogP) is 6.19. The Bertz CT molecular complexity index is 1050. The molecule has 7 N–H and O–H groups in total. The number of hydrogen-bond donors (Lipinski definition) is 7. The predicted molar refractivity (Wildman–Crippen MR) is 210 cm³/mol. The molecule has 1 aliphatic heterocycles. The second-order valence-electron chi connectivity index (χ2n) is 15.1. The van der Waals surface area contributed by atoms with E-state index in [1.807, 2.05) is 0 Å². The van der Waals surface area contributed by atoms with Crippen LogP contribution in [0.25, 0.3) is 0 Å². The first-order valence-corrected chi connectivity index (χ1v) is 22.5. The van der Waals surface area contributed by atoms with Crippen molar-refractivity contribution in [1.82, 2.24) is 5.32 Å². The van der Waals surface area contributed by atoms with E-state index in [1.54, 1.807) is 6.08 Å². The van der Waals surface area contributed by atoms with Crippen LogP contribution in [0.1, 0.15) is 174 Å². The smallest absolute Gasteiger partial charge is 0.394 e. The van der Waals surface area contributed by atoms with Crippen LogP contribution in [-0.4, -0.2) is 107 Å². The lowest BCUT2D eigenvalue weighted by molar-refractivity contribution is -0.298. The van der Waals surface area contributed by atoms with Gasteiger partial charge in [0.15, 0.2) is 6.29 Å². The zero-order chi connectivity index (χ0) is 40.0. The minimum Gasteiger partial charge on any atom is -0.394 e. The Kier molecular flexibility index (Phi) is 30.0. The summed E-state index contributed by atoms with van der Waals surface area (Å²) >= 11 is 0. The maximum Gasteiger partial charge on any atom is 0.397 e. The van der Waals surface area contributed by atoms with Gasteiger partial charge in [-0.05, 0) is 19.3 Å². The number of aliphatic hydroxyl groups excluding tert-OH is 5. The number of carbonyl (C=O) groups is 1. The Morgan fingerprint density at radius 1 is 0.741 bits per heavy atom. The molecule has 1 fully saturated rings. The highest BCUT2D eigenvalue weighted by molar-refractivity contribution is 7.80. The van der Waals surface area contributed by atoms with E-state index in [1.165, 1.54) is 96.0 Å². The van der Waals surface area contributed by atoms with Gasteiger partial charge in [0.2, 0.25) is 5.91 Å². The highest BCUT2D eigenvalue weighted by Crippen LogP contribution is 2.26. The molecule has 14 heteroatoms. The lowest BCUT2D eigenvalue weighted by atomic mass is 9.99. The van der Waals surface area contributed by atoms with Crippen LogP contribution >= 0.6 is 0 Å². The third-order valence-electron chi connectivity index (χ3n) is 10.2. The van der Waals surface area contributed by atoms with Gasteiger partial charge in [0, 0.05) is 0 Å². The summed E-state index contributed by atoms with van der Waals surface area (Å²) in [4.78, 5) is 13.0. The van der Waals surface area contributed by atoms with E-state index in [9.17, 15) is 38.7 Å². The molecular weight excluding hydrogens is 719 g/mol. The minimum absolute atomic E-state index is 0.247. The van der Waals surface area contributed by atoms with Crippen molar-refractivity contribution in [2.75, 3.05) is 13.2 Å². The summed E-state index contributed by atoms with van der Waals surface area (Å²) in [6.07, 6.45) is 20.6. The van der Waals surface area contributed by atoms with Crippen LogP contribution < -0.4 is 5.32 Å². The largest absolute Gasteiger partial charge is 0.397 e. The van der Waals surface area contributed by atoms with Gasteiger partial charge in [-0.25, -0.2) is 4.18 Å². The fourth-order valence-electron chi connectivity index (χ4n) is 6.75. The third-order valence-corrected chi connectivity index (χ3v) is 10.6. The second kappa shape index (κ2) is 31.8. The third kappa shape index (κ3) is 24.4. The lowest BCUT2D eigenvalue weighted by Crippen LogP contribution is -2.61. The van der Waals surface area contributed by atoms with Crippen molar-refractivity contribution in [2.45, 2.75) is 223 Å². The van der Waals surface area contributed by atoms with Gasteiger partial charge in [-0.3, -0.25) is 9.35 Å². The fourth-order valence-corrected chi connectivity index (χ4v) is 7.26. The van der Waals surface area contributed by atoms with Crippen LogP contribution in [0, 0.1) is 0 Å². The van der Waals surface area contributed by atoms with E-state index in [0.29, 0.717) is 12.8 Å². The summed E-state index contributed by atoms with van der Waals surface area (Å²) in [7, 11) is -5.11. The van der Waals surface area contributed by atoms with Crippen LogP contribution in [0.2, 0.25) is 0 Å². The maximum absolute atomic E-state index is 13.0. The van der Waals surface area contributed by atoms with Crippen LogP contribution in [0.5, 0.6) is 0 Å². The van der Waals surface area contributed by atoms with Crippen molar-refractivity contribution < 1.29 is 57.0 Å². The summed E-state index contributed by atoms with van der Waals surface area (Å²) < 4.78 is 47.2. The van der Waals surface area contributed by atoms with Crippen molar-refractivity contribution in [2.24, 2.45) is 0 Å². The molecule has 320 valence electrons. The molecule has 1 aliphatic rings. The lowest BCUT2D eigenvalue weighted by Gasteiger charge is -2.41. The zero-order valence-corrected chi connectivity index (χ0v) is 34.2. The molecule has 0 radical (unpaired) electrons. The molecule has 54 heavy (non-hydrogen) atoms. The number of hydrogen-bond acceptors (Lipinski definition) is 11. The summed E-state index contributed by atoms with van der Waals surface area (Å²) in [5.74, 6) is -0.705. The van der Waals surface area contributed by atoms with Gasteiger partial charge >= 0.3 is 10.4 Å². The normalized spacial score (nSPS) is 22.4. The van der Waals surface area contributed by atoms with E-state index >= 15 is 0 Å². The van der Waals surface area contributed by atoms with Crippen molar-refractivity contribution in [1.29, 1.82) is 0 Å². The maximum atomic E-state index is 13.0. The van der Waals surface area contributed by atoms with E-state index in [-0.39, 0.29) is 6.42 Å². The topological polar surface area (TPSA) is 212 Å². The second-order valence-corrected chi connectivity index (χ2v) is 16.1. The van der Waals surface area contributed by atoms with Gasteiger partial charge in [-0.15, -0.1) is 0 Å². The average molecular weight is 796 g/mol. The van der Waals surface area contributed by atoms with Crippen molar-refractivity contribution in [3.8, 4) is 0 Å². The fraction of sp³-hybridized carbons (Fsp3) is 0.925. The number of ether oxygens (including phenoxy) is 2. The summed E-state index contributed by atoms with van der Waals surface area (Å²) in [6.45, 7) is 3.13. The number of unbranched alkanes of at least 4 members (excludes halogenated alkanes) is 22. The molecule has 0 aromatic rings.